The highest BCUT2D eigenvalue weighted by Gasteiger charge is 2.23. The summed E-state index contributed by atoms with van der Waals surface area (Å²) in [6, 6.07) is 75.0. The largest absolute Gasteiger partial charge is 0.455 e. The number of para-hydroxylation sites is 3. The zero-order valence-corrected chi connectivity index (χ0v) is 31.0. The molecule has 11 aromatic rings. The summed E-state index contributed by atoms with van der Waals surface area (Å²) in [6.07, 6.45) is 0. The van der Waals surface area contributed by atoms with E-state index in [0.717, 1.165) is 88.8 Å². The van der Waals surface area contributed by atoms with E-state index in [1.54, 1.807) is 0 Å². The number of anilines is 3. The highest BCUT2D eigenvalue weighted by molar-refractivity contribution is 6.17. The average molecular weight is 730 g/mol. The molecule has 0 radical (unpaired) electrons. The Kier molecular flexibility index (Phi) is 7.82. The molecule has 0 aliphatic carbocycles. The number of hydrogen-bond donors (Lipinski definition) is 0. The van der Waals surface area contributed by atoms with Gasteiger partial charge in [-0.15, -0.1) is 0 Å². The first-order valence-electron chi connectivity index (χ1n) is 19.3. The molecule has 268 valence electrons. The second-order valence-corrected chi connectivity index (χ2v) is 14.5. The Labute approximate surface area is 330 Å². The van der Waals surface area contributed by atoms with Crippen LogP contribution in [0.4, 0.5) is 17.1 Å². The van der Waals surface area contributed by atoms with Gasteiger partial charge in [0.05, 0.1) is 5.69 Å². The van der Waals surface area contributed by atoms with E-state index in [9.17, 15) is 0 Å². The van der Waals surface area contributed by atoms with Gasteiger partial charge in [0.1, 0.15) is 16.7 Å². The van der Waals surface area contributed by atoms with Gasteiger partial charge in [-0.3, -0.25) is 0 Å². The van der Waals surface area contributed by atoms with Gasteiger partial charge in [-0.2, -0.15) is 0 Å². The van der Waals surface area contributed by atoms with Crippen molar-refractivity contribution in [3.8, 4) is 44.5 Å². The Bertz CT molecular complexity index is 3210. The Morgan fingerprint density at radius 1 is 0.298 bits per heavy atom. The van der Waals surface area contributed by atoms with Gasteiger partial charge in [-0.05, 0) is 87.5 Å². The lowest BCUT2D eigenvalue weighted by molar-refractivity contribution is 0.669. The van der Waals surface area contributed by atoms with E-state index >= 15 is 0 Å². The first kappa shape index (κ1) is 32.8. The van der Waals surface area contributed by atoms with Gasteiger partial charge in [0, 0.05) is 38.5 Å². The van der Waals surface area contributed by atoms with Crippen LogP contribution in [0.2, 0.25) is 0 Å². The normalized spacial score (nSPS) is 11.5. The molecule has 0 saturated heterocycles. The monoisotopic (exact) mass is 729 g/mol. The summed E-state index contributed by atoms with van der Waals surface area (Å²) >= 11 is 0. The number of fused-ring (bicyclic) bond motifs is 6. The van der Waals surface area contributed by atoms with Crippen LogP contribution in [0.1, 0.15) is 0 Å². The van der Waals surface area contributed by atoms with Crippen molar-refractivity contribution in [1.29, 1.82) is 0 Å². The van der Waals surface area contributed by atoms with Gasteiger partial charge < -0.3 is 13.7 Å². The third-order valence-electron chi connectivity index (χ3n) is 11.1. The van der Waals surface area contributed by atoms with Crippen LogP contribution in [-0.4, -0.2) is 0 Å². The quantitative estimate of drug-likeness (QED) is 0.164. The molecule has 2 aromatic heterocycles. The van der Waals surface area contributed by atoms with Crippen LogP contribution in [-0.2, 0) is 0 Å². The van der Waals surface area contributed by atoms with Gasteiger partial charge in [-0.1, -0.05) is 164 Å². The maximum Gasteiger partial charge on any atom is 0.160 e. The summed E-state index contributed by atoms with van der Waals surface area (Å²) in [6.45, 7) is 0. The predicted molar refractivity (Wildman–Crippen MR) is 237 cm³/mol. The average Bonchev–Trinajstić information content (AvgIpc) is 3.87. The van der Waals surface area contributed by atoms with E-state index in [2.05, 4.69) is 199 Å². The Balaban J connectivity index is 1.07. The summed E-state index contributed by atoms with van der Waals surface area (Å²) in [5.74, 6) is 0. The van der Waals surface area contributed by atoms with Crippen LogP contribution in [0.3, 0.4) is 0 Å². The Morgan fingerprint density at radius 3 is 1.49 bits per heavy atom. The first-order valence-corrected chi connectivity index (χ1v) is 19.3. The van der Waals surface area contributed by atoms with Gasteiger partial charge in [0.15, 0.2) is 5.58 Å². The van der Waals surface area contributed by atoms with E-state index in [-0.39, 0.29) is 0 Å². The highest BCUT2D eigenvalue weighted by atomic mass is 16.3. The van der Waals surface area contributed by atoms with Crippen molar-refractivity contribution in [2.75, 3.05) is 4.90 Å². The number of rotatable bonds is 7. The molecule has 3 heteroatoms. The minimum Gasteiger partial charge on any atom is -0.455 e. The smallest absolute Gasteiger partial charge is 0.160 e. The van der Waals surface area contributed by atoms with Crippen LogP contribution in [0, 0.1) is 0 Å². The van der Waals surface area contributed by atoms with Crippen molar-refractivity contribution in [3.05, 3.63) is 212 Å². The fraction of sp³-hybridized carbons (Fsp3) is 0. The molecule has 0 spiro atoms. The van der Waals surface area contributed by atoms with Crippen molar-refractivity contribution in [1.82, 2.24) is 0 Å². The van der Waals surface area contributed by atoms with Crippen LogP contribution >= 0.6 is 0 Å². The second kappa shape index (κ2) is 13.6. The second-order valence-electron chi connectivity index (χ2n) is 14.5. The van der Waals surface area contributed by atoms with Gasteiger partial charge in [0.25, 0.3) is 0 Å². The van der Waals surface area contributed by atoms with Crippen molar-refractivity contribution in [2.24, 2.45) is 0 Å². The molecule has 0 aliphatic rings. The summed E-state index contributed by atoms with van der Waals surface area (Å²) < 4.78 is 13.3. The fourth-order valence-electron chi connectivity index (χ4n) is 8.35. The minimum absolute atomic E-state index is 0.841. The number of benzene rings is 9. The van der Waals surface area contributed by atoms with Crippen molar-refractivity contribution in [3.63, 3.8) is 0 Å². The lowest BCUT2D eigenvalue weighted by Crippen LogP contribution is -2.10. The maximum absolute atomic E-state index is 6.83. The summed E-state index contributed by atoms with van der Waals surface area (Å²) in [5.41, 5.74) is 15.7. The summed E-state index contributed by atoms with van der Waals surface area (Å²) in [4.78, 5) is 2.31. The van der Waals surface area contributed by atoms with Crippen LogP contribution in [0.5, 0.6) is 0 Å². The number of furan rings is 2. The molecule has 11 rings (SSSR count). The zero-order valence-electron chi connectivity index (χ0n) is 31.0. The van der Waals surface area contributed by atoms with E-state index in [1.165, 1.54) is 16.7 Å². The molecule has 9 aromatic carbocycles. The van der Waals surface area contributed by atoms with Crippen molar-refractivity contribution >= 4 is 60.9 Å². The van der Waals surface area contributed by atoms with Gasteiger partial charge in [-0.25, -0.2) is 0 Å². The topological polar surface area (TPSA) is 29.5 Å². The number of hydrogen-bond acceptors (Lipinski definition) is 3. The molecule has 57 heavy (non-hydrogen) atoms. The maximum atomic E-state index is 6.83. The molecule has 0 bridgehead atoms. The van der Waals surface area contributed by atoms with Crippen LogP contribution in [0.25, 0.3) is 88.4 Å². The molecule has 0 amide bonds. The third-order valence-corrected chi connectivity index (χ3v) is 11.1. The lowest BCUT2D eigenvalue weighted by atomic mass is 9.97. The van der Waals surface area contributed by atoms with Gasteiger partial charge in [0.2, 0.25) is 0 Å². The molecule has 0 fully saturated rings. The predicted octanol–water partition coefficient (Wildman–Crippen LogP) is 15.6. The minimum atomic E-state index is 0.841. The summed E-state index contributed by atoms with van der Waals surface area (Å²) in [7, 11) is 0. The standard InChI is InChI=1S/C54H35NO2/c1-3-13-36(14-4-1)40-17-11-18-41(35-40)37-25-29-42(30-26-37)55(43-31-27-39(28-32-43)45-21-12-22-47-46-19-7-9-23-50(46)56-53(45)47)49-34-33-44(38-15-5-2-6-16-38)52-48-20-8-10-24-51(48)57-54(49)52/h1-35H. The third kappa shape index (κ3) is 5.68. The van der Waals surface area contributed by atoms with E-state index < -0.39 is 0 Å². The summed E-state index contributed by atoms with van der Waals surface area (Å²) in [5, 5.41) is 4.44. The Hall–Kier alpha value is -7.62. The van der Waals surface area contributed by atoms with Crippen LogP contribution < -0.4 is 4.90 Å². The molecule has 3 nitrogen and oxygen atoms in total. The zero-order chi connectivity index (χ0) is 37.7. The Morgan fingerprint density at radius 2 is 0.789 bits per heavy atom. The molecule has 0 atom stereocenters. The van der Waals surface area contributed by atoms with Crippen LogP contribution in [0.15, 0.2) is 221 Å². The van der Waals surface area contributed by atoms with E-state index in [4.69, 9.17) is 8.83 Å². The van der Waals surface area contributed by atoms with Gasteiger partial charge >= 0.3 is 0 Å². The molecule has 0 aliphatic heterocycles. The molecule has 2 heterocycles. The van der Waals surface area contributed by atoms with E-state index in [1.807, 2.05) is 18.2 Å². The molecular weight excluding hydrogens is 695 g/mol. The van der Waals surface area contributed by atoms with Crippen molar-refractivity contribution in [2.45, 2.75) is 0 Å². The molecule has 0 N–H and O–H groups in total. The molecular formula is C54H35NO2. The fourth-order valence-corrected chi connectivity index (χ4v) is 8.35. The first-order chi connectivity index (χ1) is 28.3. The van der Waals surface area contributed by atoms with Crippen molar-refractivity contribution < 1.29 is 8.83 Å². The molecule has 0 unspecified atom stereocenters. The molecule has 0 saturated carbocycles. The highest BCUT2D eigenvalue weighted by Crippen LogP contribution is 2.46. The SMILES string of the molecule is c1ccc(-c2cccc(-c3ccc(N(c4ccc(-c5cccc6c5oc5ccccc56)cc4)c4ccc(-c5ccccc5)c5c4oc4ccccc45)cc3)c2)cc1. The van der Waals surface area contributed by atoms with E-state index in [0.29, 0.717) is 0 Å². The number of nitrogens with zero attached hydrogens (tertiary/aromatic N) is 1. The lowest BCUT2D eigenvalue weighted by Gasteiger charge is -2.26.